The number of ether oxygens (including phenoxy) is 4. The topological polar surface area (TPSA) is 54.0 Å². The predicted octanol–water partition coefficient (Wildman–Crippen LogP) is 1.22. The first-order valence-corrected chi connectivity index (χ1v) is 5.34. The molecule has 5 heteroatoms. The van der Waals surface area contributed by atoms with E-state index >= 15 is 0 Å². The molecule has 17 heavy (non-hydrogen) atoms. The van der Waals surface area contributed by atoms with E-state index in [9.17, 15) is 4.79 Å². The van der Waals surface area contributed by atoms with Crippen LogP contribution in [0.5, 0.6) is 5.75 Å². The van der Waals surface area contributed by atoms with Gasteiger partial charge >= 0.3 is 5.97 Å². The third-order valence-electron chi connectivity index (χ3n) is 2.35. The Bertz CT molecular complexity index is 367. The standard InChI is InChI=1S/C12H14O5/c1-14-10-4-2-9(3-5-10)12(13)17-11-8-15-6-7-16-11/h2-5,11H,6-8H2,1H3. The Kier molecular flexibility index (Phi) is 3.95. The van der Waals surface area contributed by atoms with Gasteiger partial charge < -0.3 is 18.9 Å². The number of hydrogen-bond acceptors (Lipinski definition) is 5. The molecule has 1 heterocycles. The van der Waals surface area contributed by atoms with Crippen LogP contribution in [0.25, 0.3) is 0 Å². The second-order valence-corrected chi connectivity index (χ2v) is 3.51. The Hall–Kier alpha value is -1.59. The molecule has 0 aromatic heterocycles. The monoisotopic (exact) mass is 238 g/mol. The number of carbonyl (C=O) groups is 1. The zero-order valence-electron chi connectivity index (χ0n) is 9.55. The molecule has 1 aliphatic rings. The van der Waals surface area contributed by atoms with Gasteiger partial charge in [-0.15, -0.1) is 0 Å². The number of hydrogen-bond donors (Lipinski definition) is 0. The van der Waals surface area contributed by atoms with Crippen molar-refractivity contribution < 1.29 is 23.7 Å². The van der Waals surface area contributed by atoms with Crippen LogP contribution in [-0.2, 0) is 14.2 Å². The highest BCUT2D eigenvalue weighted by atomic mass is 16.7. The summed E-state index contributed by atoms with van der Waals surface area (Å²) in [7, 11) is 1.57. The lowest BCUT2D eigenvalue weighted by Crippen LogP contribution is -2.32. The van der Waals surface area contributed by atoms with Crippen LogP contribution in [0.3, 0.4) is 0 Å². The van der Waals surface area contributed by atoms with Gasteiger partial charge in [-0.3, -0.25) is 0 Å². The van der Waals surface area contributed by atoms with Crippen molar-refractivity contribution >= 4 is 5.97 Å². The van der Waals surface area contributed by atoms with Gasteiger partial charge in [-0.2, -0.15) is 0 Å². The minimum atomic E-state index is -0.613. The van der Waals surface area contributed by atoms with Crippen LogP contribution in [0.2, 0.25) is 0 Å². The normalized spacial score (nSPS) is 19.7. The molecule has 0 saturated carbocycles. The molecule has 2 rings (SSSR count). The molecule has 0 amide bonds. The molecule has 0 bridgehead atoms. The molecule has 0 aliphatic carbocycles. The highest BCUT2D eigenvalue weighted by Crippen LogP contribution is 2.13. The molecule has 1 saturated heterocycles. The van der Waals surface area contributed by atoms with Crippen molar-refractivity contribution in [2.24, 2.45) is 0 Å². The van der Waals surface area contributed by atoms with Gasteiger partial charge in [0.1, 0.15) is 12.4 Å². The number of carbonyl (C=O) groups excluding carboxylic acids is 1. The van der Waals surface area contributed by atoms with Crippen molar-refractivity contribution in [3.05, 3.63) is 29.8 Å². The maximum atomic E-state index is 11.7. The molecule has 1 aliphatic heterocycles. The summed E-state index contributed by atoms with van der Waals surface area (Å²) in [5, 5.41) is 0. The molecule has 5 nitrogen and oxygen atoms in total. The van der Waals surface area contributed by atoms with E-state index in [0.29, 0.717) is 24.5 Å². The molecule has 1 fully saturated rings. The Balaban J connectivity index is 1.93. The van der Waals surface area contributed by atoms with Crippen molar-refractivity contribution in [2.75, 3.05) is 26.9 Å². The van der Waals surface area contributed by atoms with E-state index in [1.807, 2.05) is 0 Å². The van der Waals surface area contributed by atoms with E-state index in [1.54, 1.807) is 31.4 Å². The first-order valence-electron chi connectivity index (χ1n) is 5.34. The smallest absolute Gasteiger partial charge is 0.340 e. The highest BCUT2D eigenvalue weighted by molar-refractivity contribution is 5.89. The molecule has 1 atom stereocenters. The van der Waals surface area contributed by atoms with Gasteiger partial charge in [0, 0.05) is 0 Å². The van der Waals surface area contributed by atoms with Crippen LogP contribution >= 0.6 is 0 Å². The van der Waals surface area contributed by atoms with E-state index in [4.69, 9.17) is 18.9 Å². The fourth-order valence-corrected chi connectivity index (χ4v) is 1.45. The molecule has 92 valence electrons. The second-order valence-electron chi connectivity index (χ2n) is 3.51. The van der Waals surface area contributed by atoms with Crippen molar-refractivity contribution in [3.63, 3.8) is 0 Å². The number of methoxy groups -OCH3 is 1. The SMILES string of the molecule is COc1ccc(C(=O)OC2COCCO2)cc1. The zero-order chi connectivity index (χ0) is 12.1. The first-order chi connectivity index (χ1) is 8.29. The average Bonchev–Trinajstić information content (AvgIpc) is 2.40. The van der Waals surface area contributed by atoms with E-state index < -0.39 is 12.3 Å². The third-order valence-corrected chi connectivity index (χ3v) is 2.35. The van der Waals surface area contributed by atoms with Gasteiger partial charge in [-0.1, -0.05) is 0 Å². The average molecular weight is 238 g/mol. The Labute approximate surface area is 99.2 Å². The molecule has 1 aromatic carbocycles. The van der Waals surface area contributed by atoms with Gasteiger partial charge in [0.05, 0.1) is 25.9 Å². The van der Waals surface area contributed by atoms with Crippen LogP contribution in [0.4, 0.5) is 0 Å². The molecule has 0 spiro atoms. The fourth-order valence-electron chi connectivity index (χ4n) is 1.45. The zero-order valence-corrected chi connectivity index (χ0v) is 9.55. The first kappa shape index (κ1) is 11.9. The number of benzene rings is 1. The lowest BCUT2D eigenvalue weighted by Gasteiger charge is -2.22. The Morgan fingerprint density at radius 1 is 1.29 bits per heavy atom. The van der Waals surface area contributed by atoms with Gasteiger partial charge in [-0.25, -0.2) is 4.79 Å². The summed E-state index contributed by atoms with van der Waals surface area (Å²) in [5.74, 6) is 0.266. The summed E-state index contributed by atoms with van der Waals surface area (Å²) >= 11 is 0. The summed E-state index contributed by atoms with van der Waals surface area (Å²) in [5.41, 5.74) is 0.458. The lowest BCUT2D eigenvalue weighted by atomic mass is 10.2. The van der Waals surface area contributed by atoms with Crippen LogP contribution in [-0.4, -0.2) is 39.2 Å². The van der Waals surface area contributed by atoms with Crippen LogP contribution in [0, 0.1) is 0 Å². The fraction of sp³-hybridized carbons (Fsp3) is 0.417. The summed E-state index contributed by atoms with van der Waals surface area (Å²) in [6.45, 7) is 1.26. The van der Waals surface area contributed by atoms with Gasteiger partial charge in [0.15, 0.2) is 0 Å². The highest BCUT2D eigenvalue weighted by Gasteiger charge is 2.19. The van der Waals surface area contributed by atoms with E-state index in [-0.39, 0.29) is 6.61 Å². The Morgan fingerprint density at radius 2 is 2.06 bits per heavy atom. The largest absolute Gasteiger partial charge is 0.497 e. The van der Waals surface area contributed by atoms with E-state index in [1.165, 1.54) is 0 Å². The predicted molar refractivity (Wildman–Crippen MR) is 59.0 cm³/mol. The quantitative estimate of drug-likeness (QED) is 0.741. The van der Waals surface area contributed by atoms with Crippen molar-refractivity contribution in [1.82, 2.24) is 0 Å². The van der Waals surface area contributed by atoms with Crippen molar-refractivity contribution in [3.8, 4) is 5.75 Å². The maximum absolute atomic E-state index is 11.7. The molecule has 0 N–H and O–H groups in total. The number of esters is 1. The van der Waals surface area contributed by atoms with Gasteiger partial charge in [-0.05, 0) is 24.3 Å². The molecular formula is C12H14O5. The molecular weight excluding hydrogens is 224 g/mol. The van der Waals surface area contributed by atoms with Gasteiger partial charge in [0.2, 0.25) is 6.29 Å². The van der Waals surface area contributed by atoms with Crippen LogP contribution in [0.1, 0.15) is 10.4 Å². The molecule has 0 radical (unpaired) electrons. The van der Waals surface area contributed by atoms with Crippen molar-refractivity contribution in [1.29, 1.82) is 0 Å². The Morgan fingerprint density at radius 3 is 2.65 bits per heavy atom. The summed E-state index contributed by atoms with van der Waals surface area (Å²) < 4.78 is 20.5. The third kappa shape index (κ3) is 3.18. The molecule has 1 unspecified atom stereocenters. The van der Waals surface area contributed by atoms with Crippen LogP contribution in [0.15, 0.2) is 24.3 Å². The van der Waals surface area contributed by atoms with Gasteiger partial charge in [0.25, 0.3) is 0 Å². The van der Waals surface area contributed by atoms with E-state index in [0.717, 1.165) is 0 Å². The van der Waals surface area contributed by atoms with Crippen LogP contribution < -0.4 is 4.74 Å². The van der Waals surface area contributed by atoms with Crippen molar-refractivity contribution in [2.45, 2.75) is 6.29 Å². The molecule has 1 aromatic rings. The minimum Gasteiger partial charge on any atom is -0.497 e. The summed E-state index contributed by atoms with van der Waals surface area (Å²) in [6.07, 6.45) is -0.613. The minimum absolute atomic E-state index is 0.280. The lowest BCUT2D eigenvalue weighted by molar-refractivity contribution is -0.186. The number of rotatable bonds is 3. The summed E-state index contributed by atoms with van der Waals surface area (Å²) in [6, 6.07) is 6.69. The maximum Gasteiger partial charge on any atom is 0.340 e. The summed E-state index contributed by atoms with van der Waals surface area (Å²) in [4.78, 5) is 11.7. The van der Waals surface area contributed by atoms with E-state index in [2.05, 4.69) is 0 Å². The second kappa shape index (κ2) is 5.65.